The molecule has 1 N–H and O–H groups in total. The van der Waals surface area contributed by atoms with E-state index in [9.17, 15) is 13.2 Å². The van der Waals surface area contributed by atoms with Crippen LogP contribution in [0, 0.1) is 0 Å². The van der Waals surface area contributed by atoms with Crippen molar-refractivity contribution >= 4 is 37.6 Å². The second-order valence-electron chi connectivity index (χ2n) is 5.23. The monoisotopic (exact) mass is 427 g/mol. The molecule has 0 aliphatic carbocycles. The van der Waals surface area contributed by atoms with Crippen molar-refractivity contribution in [2.75, 3.05) is 18.0 Å². The Balaban J connectivity index is 2.41. The van der Waals surface area contributed by atoms with E-state index in [1.54, 1.807) is 36.4 Å². The Hall–Kier alpha value is -2.06. The lowest BCUT2D eigenvalue weighted by atomic mass is 10.2. The van der Waals surface area contributed by atoms with Crippen molar-refractivity contribution in [2.45, 2.75) is 17.7 Å². The Labute approximate surface area is 155 Å². The minimum atomic E-state index is -3.83. The number of hydrogen-bond acceptors (Lipinski definition) is 4. The Morgan fingerprint density at radius 2 is 1.88 bits per heavy atom. The molecule has 2 aromatic rings. The lowest BCUT2D eigenvalue weighted by Crippen LogP contribution is -2.32. The van der Waals surface area contributed by atoms with Gasteiger partial charge in [-0.15, -0.1) is 0 Å². The zero-order chi connectivity index (χ0) is 18.4. The van der Waals surface area contributed by atoms with Crippen molar-refractivity contribution in [3.8, 4) is 5.75 Å². The number of aliphatic carboxylic acids is 1. The van der Waals surface area contributed by atoms with Crippen LogP contribution in [0.1, 0.15) is 12.8 Å². The van der Waals surface area contributed by atoms with Gasteiger partial charge in [0.05, 0.1) is 17.7 Å². The van der Waals surface area contributed by atoms with Gasteiger partial charge in [0.15, 0.2) is 0 Å². The van der Waals surface area contributed by atoms with Gasteiger partial charge in [-0.2, -0.15) is 0 Å². The van der Waals surface area contributed by atoms with Crippen LogP contribution in [0.25, 0.3) is 0 Å². The van der Waals surface area contributed by atoms with Gasteiger partial charge in [0.1, 0.15) is 5.75 Å². The molecular formula is C17H18BrNO5S. The predicted octanol–water partition coefficient (Wildman–Crippen LogP) is 3.52. The van der Waals surface area contributed by atoms with Crippen LogP contribution in [0.15, 0.2) is 57.9 Å². The molecule has 0 saturated heterocycles. The standard InChI is InChI=1S/C17H18BrNO5S/c1-24-15-5-2-4-14(12-15)19(11-3-6-17(20)21)25(22,23)16-9-7-13(18)8-10-16/h2,4-5,7-10,12H,3,6,11H2,1H3,(H,20,21). The smallest absolute Gasteiger partial charge is 0.303 e. The summed E-state index contributed by atoms with van der Waals surface area (Å²) in [6.07, 6.45) is 0.0820. The molecule has 0 unspecified atom stereocenters. The summed E-state index contributed by atoms with van der Waals surface area (Å²) in [5.41, 5.74) is 0.424. The molecule has 2 aromatic carbocycles. The molecule has 2 rings (SSSR count). The fourth-order valence-corrected chi connectivity index (χ4v) is 4.02. The molecule has 0 saturated carbocycles. The summed E-state index contributed by atoms with van der Waals surface area (Å²) < 4.78 is 33.2. The Morgan fingerprint density at radius 1 is 1.20 bits per heavy atom. The summed E-state index contributed by atoms with van der Waals surface area (Å²) in [5, 5.41) is 8.84. The molecule has 0 radical (unpaired) electrons. The van der Waals surface area contributed by atoms with E-state index < -0.39 is 16.0 Å². The molecule has 0 fully saturated rings. The highest BCUT2D eigenvalue weighted by Crippen LogP contribution is 2.28. The fraction of sp³-hybridized carbons (Fsp3) is 0.235. The number of hydrogen-bond donors (Lipinski definition) is 1. The first kappa shape index (κ1) is 19.3. The van der Waals surface area contributed by atoms with Crippen LogP contribution < -0.4 is 9.04 Å². The van der Waals surface area contributed by atoms with Crippen molar-refractivity contribution in [3.05, 3.63) is 53.0 Å². The van der Waals surface area contributed by atoms with Gasteiger partial charge < -0.3 is 9.84 Å². The molecule has 0 heterocycles. The molecule has 0 spiro atoms. The molecule has 6 nitrogen and oxygen atoms in total. The molecule has 0 amide bonds. The number of anilines is 1. The summed E-state index contributed by atoms with van der Waals surface area (Å²) in [6, 6.07) is 13.0. The summed E-state index contributed by atoms with van der Waals surface area (Å²) >= 11 is 3.28. The normalized spacial score (nSPS) is 11.1. The van der Waals surface area contributed by atoms with Crippen molar-refractivity contribution in [2.24, 2.45) is 0 Å². The number of benzene rings is 2. The minimum Gasteiger partial charge on any atom is -0.497 e. The third kappa shape index (κ3) is 4.96. The first-order valence-corrected chi connectivity index (χ1v) is 9.72. The molecule has 0 aliphatic rings. The highest BCUT2D eigenvalue weighted by molar-refractivity contribution is 9.10. The van der Waals surface area contributed by atoms with Gasteiger partial charge in [-0.3, -0.25) is 9.10 Å². The number of carbonyl (C=O) groups is 1. The van der Waals surface area contributed by atoms with E-state index in [4.69, 9.17) is 9.84 Å². The maximum Gasteiger partial charge on any atom is 0.303 e. The highest BCUT2D eigenvalue weighted by Gasteiger charge is 2.25. The maximum absolute atomic E-state index is 13.0. The van der Waals surface area contributed by atoms with E-state index in [0.29, 0.717) is 11.4 Å². The fourth-order valence-electron chi connectivity index (χ4n) is 2.26. The Morgan fingerprint density at radius 3 is 2.48 bits per heavy atom. The van der Waals surface area contributed by atoms with Gasteiger partial charge in [-0.05, 0) is 42.8 Å². The number of rotatable bonds is 8. The largest absolute Gasteiger partial charge is 0.497 e. The van der Waals surface area contributed by atoms with Gasteiger partial charge in [0.25, 0.3) is 10.0 Å². The summed E-state index contributed by atoms with van der Waals surface area (Å²) in [5.74, 6) is -0.446. The van der Waals surface area contributed by atoms with E-state index in [1.807, 2.05) is 0 Å². The average Bonchev–Trinajstić information content (AvgIpc) is 2.58. The van der Waals surface area contributed by atoms with Crippen LogP contribution in [-0.2, 0) is 14.8 Å². The Kier molecular flexibility index (Phi) is 6.44. The third-order valence-electron chi connectivity index (χ3n) is 3.49. The molecule has 8 heteroatoms. The van der Waals surface area contributed by atoms with Crippen molar-refractivity contribution in [1.82, 2.24) is 0 Å². The molecule has 0 atom stereocenters. The van der Waals surface area contributed by atoms with Gasteiger partial charge in [-0.25, -0.2) is 8.42 Å². The molecule has 25 heavy (non-hydrogen) atoms. The lowest BCUT2D eigenvalue weighted by Gasteiger charge is -2.24. The maximum atomic E-state index is 13.0. The minimum absolute atomic E-state index is 0.0534. The predicted molar refractivity (Wildman–Crippen MR) is 98.5 cm³/mol. The van der Waals surface area contributed by atoms with Gasteiger partial charge >= 0.3 is 5.97 Å². The summed E-state index contributed by atoms with van der Waals surface area (Å²) in [7, 11) is -2.33. The van der Waals surface area contributed by atoms with Crippen molar-refractivity contribution < 1.29 is 23.1 Å². The van der Waals surface area contributed by atoms with Gasteiger partial charge in [0, 0.05) is 23.5 Å². The van der Waals surface area contributed by atoms with Crippen LogP contribution in [0.3, 0.4) is 0 Å². The first-order valence-electron chi connectivity index (χ1n) is 7.49. The zero-order valence-corrected chi connectivity index (χ0v) is 16.0. The number of methoxy groups -OCH3 is 1. The lowest BCUT2D eigenvalue weighted by molar-refractivity contribution is -0.137. The highest BCUT2D eigenvalue weighted by atomic mass is 79.9. The number of sulfonamides is 1. The molecule has 134 valence electrons. The van der Waals surface area contributed by atoms with E-state index in [-0.39, 0.29) is 24.3 Å². The number of carboxylic acid groups (broad SMARTS) is 1. The van der Waals surface area contributed by atoms with Gasteiger partial charge in [-0.1, -0.05) is 22.0 Å². The van der Waals surface area contributed by atoms with E-state index >= 15 is 0 Å². The van der Waals surface area contributed by atoms with Crippen LogP contribution in [0.4, 0.5) is 5.69 Å². The molecule has 0 aliphatic heterocycles. The van der Waals surface area contributed by atoms with Crippen LogP contribution in [0.2, 0.25) is 0 Å². The number of ether oxygens (including phenoxy) is 1. The van der Waals surface area contributed by atoms with Crippen LogP contribution >= 0.6 is 15.9 Å². The summed E-state index contributed by atoms with van der Waals surface area (Å²) in [6.45, 7) is 0.0534. The first-order chi connectivity index (χ1) is 11.8. The number of halogens is 1. The summed E-state index contributed by atoms with van der Waals surface area (Å²) in [4.78, 5) is 10.9. The molecule has 0 bridgehead atoms. The quantitative estimate of drug-likeness (QED) is 0.696. The number of carboxylic acids is 1. The third-order valence-corrected chi connectivity index (χ3v) is 5.87. The molecule has 0 aromatic heterocycles. The second-order valence-corrected chi connectivity index (χ2v) is 8.01. The van der Waals surface area contributed by atoms with E-state index in [2.05, 4.69) is 15.9 Å². The van der Waals surface area contributed by atoms with Gasteiger partial charge in [0.2, 0.25) is 0 Å². The van der Waals surface area contributed by atoms with E-state index in [1.165, 1.54) is 23.5 Å². The topological polar surface area (TPSA) is 83.9 Å². The van der Waals surface area contributed by atoms with E-state index in [0.717, 1.165) is 4.47 Å². The number of nitrogens with zero attached hydrogens (tertiary/aromatic N) is 1. The Bertz CT molecular complexity index is 836. The van der Waals surface area contributed by atoms with Crippen molar-refractivity contribution in [1.29, 1.82) is 0 Å². The van der Waals surface area contributed by atoms with Crippen molar-refractivity contribution in [3.63, 3.8) is 0 Å². The van der Waals surface area contributed by atoms with Crippen LogP contribution in [-0.4, -0.2) is 33.1 Å². The average molecular weight is 428 g/mol. The SMILES string of the molecule is COc1cccc(N(CCCC(=O)O)S(=O)(=O)c2ccc(Br)cc2)c1. The molecular weight excluding hydrogens is 410 g/mol. The van der Waals surface area contributed by atoms with Crippen LogP contribution in [0.5, 0.6) is 5.75 Å². The zero-order valence-electron chi connectivity index (χ0n) is 13.6. The second kappa shape index (κ2) is 8.35.